The molecule has 0 bridgehead atoms. The second kappa shape index (κ2) is 25.9. The molecule has 2 aromatic rings. The van der Waals surface area contributed by atoms with Crippen LogP contribution in [-0.4, -0.2) is 81.3 Å². The predicted octanol–water partition coefficient (Wildman–Crippen LogP) is 9.42. The zero-order valence-corrected chi connectivity index (χ0v) is 35.0. The van der Waals surface area contributed by atoms with Crippen LogP contribution >= 0.6 is 0 Å². The van der Waals surface area contributed by atoms with Crippen LogP contribution in [0.2, 0.25) is 0 Å². The number of amides is 1. The van der Waals surface area contributed by atoms with E-state index < -0.39 is 60.9 Å². The maximum Gasteiger partial charge on any atom is 0.508 e. The van der Waals surface area contributed by atoms with E-state index in [1.165, 1.54) is 87.9 Å². The number of cyclic esters (lactones) is 1. The minimum atomic E-state index is -1.80. The fourth-order valence-electron chi connectivity index (χ4n) is 7.29. The quantitative estimate of drug-likeness (QED) is 0.0282. The van der Waals surface area contributed by atoms with E-state index in [4.69, 9.17) is 34.8 Å². The first-order chi connectivity index (χ1) is 28.7. The van der Waals surface area contributed by atoms with Gasteiger partial charge in [0.2, 0.25) is 5.60 Å². The zero-order valence-electron chi connectivity index (χ0n) is 35.0. The molecule has 15 nitrogen and oxygen atoms in total. The number of nitrogens with one attached hydrogen (secondary N) is 1. The highest BCUT2D eigenvalue weighted by Gasteiger charge is 2.53. The van der Waals surface area contributed by atoms with E-state index in [1.54, 1.807) is 0 Å². The van der Waals surface area contributed by atoms with Crippen molar-refractivity contribution in [1.82, 2.24) is 19.5 Å². The Hall–Kier alpha value is -4.52. The number of fused-ring (bicyclic) bond motifs is 1. The van der Waals surface area contributed by atoms with Gasteiger partial charge in [-0.15, -0.1) is 6.42 Å². The van der Waals surface area contributed by atoms with Gasteiger partial charge >= 0.3 is 24.4 Å². The van der Waals surface area contributed by atoms with E-state index in [9.17, 15) is 23.6 Å². The molecule has 2 aliphatic rings. The average molecular weight is 830 g/mol. The van der Waals surface area contributed by atoms with Crippen LogP contribution in [0.3, 0.4) is 0 Å². The predicted molar refractivity (Wildman–Crippen MR) is 217 cm³/mol. The van der Waals surface area contributed by atoms with Gasteiger partial charge in [0.1, 0.15) is 12.8 Å². The highest BCUT2D eigenvalue weighted by Crippen LogP contribution is 2.40. The molecular weight excluding hydrogens is 765 g/mol. The van der Waals surface area contributed by atoms with Crippen molar-refractivity contribution in [3.8, 4) is 12.3 Å². The van der Waals surface area contributed by atoms with Gasteiger partial charge in [-0.3, -0.25) is 14.2 Å². The topological polar surface area (TPSA) is 179 Å². The van der Waals surface area contributed by atoms with Crippen molar-refractivity contribution in [1.29, 1.82) is 0 Å². The van der Waals surface area contributed by atoms with Crippen molar-refractivity contribution >= 4 is 41.2 Å². The van der Waals surface area contributed by atoms with Gasteiger partial charge in [-0.05, 0) is 12.8 Å². The third-order valence-electron chi connectivity index (χ3n) is 10.7. The number of carbonyl (C=O) groups is 4. The first kappa shape index (κ1) is 47.2. The summed E-state index contributed by atoms with van der Waals surface area (Å²) in [6.45, 7) is 4.19. The maximum atomic E-state index is 14.8. The molecule has 1 N–H and O–H groups in total. The summed E-state index contributed by atoms with van der Waals surface area (Å²) in [4.78, 5) is 61.9. The SMILES string of the molecule is C#C[C@]1(COC(=O)OCCCCCCCCCCCC)O[C@@H](n2cnc3c(NC(=O)[C@H]4CCC(=O)O4)nc(F)nc32)C[C@@H]1OC(=O)OCCCCCCCCCCCC. The number of imidazole rings is 1. The molecule has 2 aromatic heterocycles. The molecule has 4 heterocycles. The average Bonchev–Trinajstić information content (AvgIpc) is 3.95. The Morgan fingerprint density at radius 1 is 0.847 bits per heavy atom. The lowest BCUT2D eigenvalue weighted by Crippen LogP contribution is -2.45. The number of hydrogen-bond acceptors (Lipinski definition) is 13. The fraction of sp³-hybridized carbons (Fsp3) is 0.744. The highest BCUT2D eigenvalue weighted by molar-refractivity contribution is 6.00. The molecule has 328 valence electrons. The van der Waals surface area contributed by atoms with Gasteiger partial charge in [0, 0.05) is 19.3 Å². The van der Waals surface area contributed by atoms with Crippen molar-refractivity contribution in [2.24, 2.45) is 0 Å². The first-order valence-electron chi connectivity index (χ1n) is 21.9. The van der Waals surface area contributed by atoms with E-state index in [2.05, 4.69) is 40.0 Å². The first-order valence-corrected chi connectivity index (χ1v) is 21.9. The Balaban J connectivity index is 1.35. The lowest BCUT2D eigenvalue weighted by Gasteiger charge is -2.28. The van der Waals surface area contributed by atoms with Crippen molar-refractivity contribution in [2.45, 2.75) is 186 Å². The van der Waals surface area contributed by atoms with Crippen LogP contribution in [0.25, 0.3) is 11.2 Å². The summed E-state index contributed by atoms with van der Waals surface area (Å²) < 4.78 is 49.3. The molecule has 4 rings (SSSR count). The standard InChI is InChI=1S/C43H64FN5O10/c1-4-7-9-11-13-15-17-19-21-23-27-54-41(52)56-30-43(6-3)33(58-42(53)55-28-24-22-20-18-16-14-12-10-8-5-2)29-34(59-43)49-31-45-36-37(47-40(44)48-38(36)49)46-39(51)32-25-26-35(50)57-32/h3,31-34H,4-5,7-30H2,1-2H3,(H,46,47,48,51)/t32-,33+,34-,43-/m1/s1. The molecule has 0 aromatic carbocycles. The molecule has 0 saturated carbocycles. The Bertz CT molecular complexity index is 1670. The number of aromatic nitrogens is 4. The Morgan fingerprint density at radius 2 is 1.41 bits per heavy atom. The Kier molecular flexibility index (Phi) is 20.7. The van der Waals surface area contributed by atoms with E-state index in [0.29, 0.717) is 12.8 Å². The number of anilines is 1. The number of rotatable bonds is 28. The molecule has 4 atom stereocenters. The zero-order chi connectivity index (χ0) is 42.3. The van der Waals surface area contributed by atoms with Gasteiger partial charge in [-0.1, -0.05) is 135 Å². The molecule has 0 radical (unpaired) electrons. The van der Waals surface area contributed by atoms with Crippen molar-refractivity contribution in [2.75, 3.05) is 25.1 Å². The van der Waals surface area contributed by atoms with E-state index >= 15 is 0 Å². The van der Waals surface area contributed by atoms with Gasteiger partial charge in [0.05, 0.1) is 19.5 Å². The fourth-order valence-corrected chi connectivity index (χ4v) is 7.29. The molecule has 1 amide bonds. The number of ether oxygens (including phenoxy) is 6. The number of halogens is 1. The van der Waals surface area contributed by atoms with Crippen molar-refractivity contribution in [3.05, 3.63) is 12.4 Å². The summed E-state index contributed by atoms with van der Waals surface area (Å²) in [6.07, 6.45) is 23.6. The Labute approximate surface area is 347 Å². The van der Waals surface area contributed by atoms with Crippen LogP contribution < -0.4 is 5.32 Å². The molecule has 2 saturated heterocycles. The summed E-state index contributed by atoms with van der Waals surface area (Å²) in [5, 5.41) is 2.46. The molecule has 59 heavy (non-hydrogen) atoms. The molecule has 0 aliphatic carbocycles. The van der Waals surface area contributed by atoms with Crippen LogP contribution in [0.5, 0.6) is 0 Å². The molecule has 0 unspecified atom stereocenters. The van der Waals surface area contributed by atoms with Crippen LogP contribution in [0.4, 0.5) is 19.8 Å². The van der Waals surface area contributed by atoms with Crippen LogP contribution in [-0.2, 0) is 38.0 Å². The van der Waals surface area contributed by atoms with Crippen LogP contribution in [0, 0.1) is 18.4 Å². The molecule has 0 spiro atoms. The molecular formula is C43H64FN5O10. The van der Waals surface area contributed by atoms with Crippen molar-refractivity contribution in [3.63, 3.8) is 0 Å². The molecule has 2 fully saturated rings. The summed E-state index contributed by atoms with van der Waals surface area (Å²) in [5.74, 6) is 1.04. The van der Waals surface area contributed by atoms with E-state index in [0.717, 1.165) is 38.5 Å². The summed E-state index contributed by atoms with van der Waals surface area (Å²) in [5.41, 5.74) is -1.87. The smallest absolute Gasteiger partial charge is 0.452 e. The summed E-state index contributed by atoms with van der Waals surface area (Å²) in [6, 6.07) is 0. The van der Waals surface area contributed by atoms with Gasteiger partial charge in [0.15, 0.2) is 29.2 Å². The maximum absolute atomic E-state index is 14.8. The second-order valence-corrected chi connectivity index (χ2v) is 15.5. The molecule has 2 aliphatic heterocycles. The number of hydrogen-bond donors (Lipinski definition) is 1. The van der Waals surface area contributed by atoms with Crippen molar-refractivity contribution < 1.29 is 52.0 Å². The summed E-state index contributed by atoms with van der Waals surface area (Å²) in [7, 11) is 0. The van der Waals surface area contributed by atoms with Gasteiger partial charge in [-0.2, -0.15) is 14.4 Å². The lowest BCUT2D eigenvalue weighted by atomic mass is 9.98. The number of nitrogens with zero attached hydrogens (tertiary/aromatic N) is 4. The number of carbonyl (C=O) groups excluding carboxylic acids is 4. The normalized spacial score (nSPS) is 20.0. The number of esters is 1. The minimum absolute atomic E-state index is 0.00561. The van der Waals surface area contributed by atoms with Crippen LogP contribution in [0.15, 0.2) is 6.33 Å². The minimum Gasteiger partial charge on any atom is -0.452 e. The van der Waals surface area contributed by atoms with Gasteiger partial charge in [-0.25, -0.2) is 14.6 Å². The second-order valence-electron chi connectivity index (χ2n) is 15.5. The van der Waals surface area contributed by atoms with Gasteiger partial charge in [0.25, 0.3) is 5.91 Å². The number of terminal acetylenes is 1. The van der Waals surface area contributed by atoms with E-state index in [1.807, 2.05) is 0 Å². The van der Waals surface area contributed by atoms with Crippen LogP contribution in [0.1, 0.15) is 168 Å². The van der Waals surface area contributed by atoms with Gasteiger partial charge < -0.3 is 33.7 Å². The third kappa shape index (κ3) is 15.5. The number of unbranched alkanes of at least 4 members (excludes halogenated alkanes) is 18. The molecule has 16 heteroatoms. The third-order valence-corrected chi connectivity index (χ3v) is 10.7. The highest BCUT2D eigenvalue weighted by atomic mass is 19.1. The summed E-state index contributed by atoms with van der Waals surface area (Å²) >= 11 is 0. The Morgan fingerprint density at radius 3 is 1.95 bits per heavy atom. The van der Waals surface area contributed by atoms with E-state index in [-0.39, 0.29) is 49.5 Å². The largest absolute Gasteiger partial charge is 0.508 e. The monoisotopic (exact) mass is 829 g/mol. The lowest BCUT2D eigenvalue weighted by molar-refractivity contribution is -0.146.